The van der Waals surface area contributed by atoms with Crippen LogP contribution in [0.5, 0.6) is 0 Å². The Morgan fingerprint density at radius 3 is 2.94 bits per heavy atom. The van der Waals surface area contributed by atoms with Crippen molar-refractivity contribution < 1.29 is 14.3 Å². The summed E-state index contributed by atoms with van der Waals surface area (Å²) in [5.41, 5.74) is 0. The molecule has 17 heavy (non-hydrogen) atoms. The van der Waals surface area contributed by atoms with Gasteiger partial charge in [-0.3, -0.25) is 4.79 Å². The zero-order chi connectivity index (χ0) is 12.1. The molecule has 0 radical (unpaired) electrons. The Balaban J connectivity index is 1.78. The average molecular weight is 242 g/mol. The van der Waals surface area contributed by atoms with E-state index in [4.69, 9.17) is 9.47 Å². The fourth-order valence-electron chi connectivity index (χ4n) is 2.15. The van der Waals surface area contributed by atoms with Crippen LogP contribution in [0.15, 0.2) is 0 Å². The maximum Gasteiger partial charge on any atom is 0.225 e. The van der Waals surface area contributed by atoms with Crippen LogP contribution in [0.2, 0.25) is 0 Å². The summed E-state index contributed by atoms with van der Waals surface area (Å²) in [5.74, 6) is 0.207. The van der Waals surface area contributed by atoms with Crippen LogP contribution < -0.4 is 5.32 Å². The highest BCUT2D eigenvalue weighted by Crippen LogP contribution is 2.27. The summed E-state index contributed by atoms with van der Waals surface area (Å²) in [6.07, 6.45) is 2.81. The molecule has 1 N–H and O–H groups in total. The molecule has 2 aliphatic rings. The highest BCUT2D eigenvalue weighted by molar-refractivity contribution is 5.77. The Morgan fingerprint density at radius 2 is 2.35 bits per heavy atom. The van der Waals surface area contributed by atoms with Crippen molar-refractivity contribution in [2.75, 3.05) is 40.0 Å². The first kappa shape index (κ1) is 12.8. The zero-order valence-electron chi connectivity index (χ0n) is 10.5. The molecule has 1 aliphatic heterocycles. The zero-order valence-corrected chi connectivity index (χ0v) is 10.5. The normalized spacial score (nSPS) is 24.6. The number of ether oxygens (including phenoxy) is 2. The van der Waals surface area contributed by atoms with Crippen LogP contribution in [0.3, 0.4) is 0 Å². The minimum atomic E-state index is 0.0417. The summed E-state index contributed by atoms with van der Waals surface area (Å²) in [5, 5.41) is 3.25. The van der Waals surface area contributed by atoms with Gasteiger partial charge in [-0.2, -0.15) is 0 Å². The molecule has 1 heterocycles. The first-order valence-corrected chi connectivity index (χ1v) is 6.42. The van der Waals surface area contributed by atoms with Gasteiger partial charge in [-0.15, -0.1) is 0 Å². The number of carbonyl (C=O) groups excluding carboxylic acids is 1. The summed E-state index contributed by atoms with van der Waals surface area (Å²) >= 11 is 0. The molecular formula is C12H22N2O3. The van der Waals surface area contributed by atoms with Gasteiger partial charge in [0, 0.05) is 32.8 Å². The number of carbonyl (C=O) groups is 1. The fourth-order valence-corrected chi connectivity index (χ4v) is 2.15. The van der Waals surface area contributed by atoms with Crippen molar-refractivity contribution in [2.24, 2.45) is 0 Å². The summed E-state index contributed by atoms with van der Waals surface area (Å²) < 4.78 is 10.6. The minimum absolute atomic E-state index is 0.0417. The third kappa shape index (κ3) is 3.94. The number of nitrogens with one attached hydrogen (secondary N) is 1. The van der Waals surface area contributed by atoms with E-state index in [1.165, 1.54) is 0 Å². The van der Waals surface area contributed by atoms with E-state index in [0.29, 0.717) is 32.2 Å². The maximum absolute atomic E-state index is 12.2. The van der Waals surface area contributed by atoms with Gasteiger partial charge in [-0.25, -0.2) is 0 Å². The Morgan fingerprint density at radius 1 is 1.53 bits per heavy atom. The van der Waals surface area contributed by atoms with E-state index in [1.54, 1.807) is 7.11 Å². The second-order valence-electron chi connectivity index (χ2n) is 4.71. The summed E-state index contributed by atoms with van der Waals surface area (Å²) in [4.78, 5) is 14.1. The van der Waals surface area contributed by atoms with Gasteiger partial charge in [0.05, 0.1) is 25.7 Å². The Labute approximate surface area is 102 Å². The van der Waals surface area contributed by atoms with Gasteiger partial charge in [0.15, 0.2) is 0 Å². The van der Waals surface area contributed by atoms with Crippen LogP contribution in [0.4, 0.5) is 0 Å². The monoisotopic (exact) mass is 242 g/mol. The van der Waals surface area contributed by atoms with E-state index in [-0.39, 0.29) is 12.0 Å². The second kappa shape index (κ2) is 6.33. The predicted octanol–water partition coefficient (Wildman–Crippen LogP) is 0.00230. The van der Waals surface area contributed by atoms with Crippen molar-refractivity contribution in [3.8, 4) is 0 Å². The fraction of sp³-hybridized carbons (Fsp3) is 0.917. The molecule has 0 bridgehead atoms. The van der Waals surface area contributed by atoms with Crippen molar-refractivity contribution in [3.63, 3.8) is 0 Å². The molecule has 5 nitrogen and oxygen atoms in total. The molecule has 1 aliphatic carbocycles. The topological polar surface area (TPSA) is 50.8 Å². The van der Waals surface area contributed by atoms with Crippen LogP contribution >= 0.6 is 0 Å². The predicted molar refractivity (Wildman–Crippen MR) is 63.8 cm³/mol. The lowest BCUT2D eigenvalue weighted by atomic mass is 10.2. The van der Waals surface area contributed by atoms with Crippen LogP contribution in [0, 0.1) is 0 Å². The Kier molecular flexibility index (Phi) is 4.76. The van der Waals surface area contributed by atoms with Gasteiger partial charge in [0.2, 0.25) is 5.91 Å². The Bertz CT molecular complexity index is 250. The molecule has 1 saturated carbocycles. The minimum Gasteiger partial charge on any atom is -0.383 e. The van der Waals surface area contributed by atoms with Gasteiger partial charge in [0.25, 0.3) is 0 Å². The molecule has 1 unspecified atom stereocenters. The summed E-state index contributed by atoms with van der Waals surface area (Å²) in [7, 11) is 1.67. The van der Waals surface area contributed by atoms with Crippen LogP contribution in [0.1, 0.15) is 19.3 Å². The number of nitrogens with zero attached hydrogens (tertiary/aromatic N) is 1. The molecule has 1 atom stereocenters. The van der Waals surface area contributed by atoms with Gasteiger partial charge in [-0.1, -0.05) is 0 Å². The molecule has 0 aromatic heterocycles. The molecular weight excluding hydrogens is 220 g/mol. The first-order valence-electron chi connectivity index (χ1n) is 6.42. The number of hydrogen-bond acceptors (Lipinski definition) is 4. The lowest BCUT2D eigenvalue weighted by molar-refractivity contribution is -0.136. The second-order valence-corrected chi connectivity index (χ2v) is 4.71. The van der Waals surface area contributed by atoms with Crippen LogP contribution in [-0.2, 0) is 14.3 Å². The average Bonchev–Trinajstić information content (AvgIpc) is 3.15. The quantitative estimate of drug-likeness (QED) is 0.712. The summed E-state index contributed by atoms with van der Waals surface area (Å²) in [6.45, 7) is 3.71. The van der Waals surface area contributed by atoms with E-state index in [9.17, 15) is 4.79 Å². The first-order chi connectivity index (χ1) is 8.31. The van der Waals surface area contributed by atoms with Gasteiger partial charge >= 0.3 is 0 Å². The van der Waals surface area contributed by atoms with Gasteiger partial charge in [-0.05, 0) is 12.8 Å². The third-order valence-electron chi connectivity index (χ3n) is 3.25. The number of methoxy groups -OCH3 is 1. The molecule has 98 valence electrons. The molecule has 2 fully saturated rings. The van der Waals surface area contributed by atoms with Crippen molar-refractivity contribution in [1.82, 2.24) is 10.2 Å². The lowest BCUT2D eigenvalue weighted by Crippen LogP contribution is -2.43. The van der Waals surface area contributed by atoms with Gasteiger partial charge in [0.1, 0.15) is 0 Å². The molecule has 1 saturated heterocycles. The number of morpholine rings is 1. The van der Waals surface area contributed by atoms with Crippen LogP contribution in [-0.4, -0.2) is 62.9 Å². The maximum atomic E-state index is 12.2. The van der Waals surface area contributed by atoms with E-state index in [2.05, 4.69) is 5.32 Å². The lowest BCUT2D eigenvalue weighted by Gasteiger charge is -2.27. The number of amides is 1. The van der Waals surface area contributed by atoms with E-state index < -0.39 is 0 Å². The highest BCUT2D eigenvalue weighted by atomic mass is 16.5. The Hall–Kier alpha value is -0.650. The molecule has 1 amide bonds. The smallest absolute Gasteiger partial charge is 0.225 e. The molecule has 5 heteroatoms. The number of hydrogen-bond donors (Lipinski definition) is 1. The summed E-state index contributed by atoms with van der Waals surface area (Å²) in [6, 6.07) is 0.453. The highest BCUT2D eigenvalue weighted by Gasteiger charge is 2.33. The van der Waals surface area contributed by atoms with E-state index in [1.807, 2.05) is 4.90 Å². The standard InChI is InChI=1S/C12H22N2O3/c1-16-7-5-14(10-2-3-10)12(15)8-11-9-13-4-6-17-11/h10-11,13H,2-9H2,1H3. The molecule has 0 aromatic rings. The van der Waals surface area contributed by atoms with E-state index >= 15 is 0 Å². The molecule has 0 spiro atoms. The molecule has 0 aromatic carbocycles. The number of rotatable bonds is 6. The van der Waals surface area contributed by atoms with Crippen molar-refractivity contribution in [3.05, 3.63) is 0 Å². The van der Waals surface area contributed by atoms with E-state index in [0.717, 1.165) is 25.9 Å². The van der Waals surface area contributed by atoms with Crippen molar-refractivity contribution >= 4 is 5.91 Å². The van der Waals surface area contributed by atoms with Crippen molar-refractivity contribution in [2.45, 2.75) is 31.4 Å². The molecule has 2 rings (SSSR count). The SMILES string of the molecule is COCCN(C(=O)CC1CNCCO1)C1CC1. The largest absolute Gasteiger partial charge is 0.383 e. The third-order valence-corrected chi connectivity index (χ3v) is 3.25. The van der Waals surface area contributed by atoms with Crippen LogP contribution in [0.25, 0.3) is 0 Å². The van der Waals surface area contributed by atoms with Crippen molar-refractivity contribution in [1.29, 1.82) is 0 Å². The van der Waals surface area contributed by atoms with Gasteiger partial charge < -0.3 is 19.7 Å².